The number of hydrogen-bond acceptors (Lipinski definition) is 3. The lowest BCUT2D eigenvalue weighted by Gasteiger charge is -2.25. The van der Waals surface area contributed by atoms with Crippen molar-refractivity contribution < 1.29 is 14.0 Å². The van der Waals surface area contributed by atoms with Crippen LogP contribution in [0.4, 0.5) is 4.39 Å². The van der Waals surface area contributed by atoms with Gasteiger partial charge in [-0.15, -0.1) is 0 Å². The summed E-state index contributed by atoms with van der Waals surface area (Å²) in [7, 11) is 3.89. The van der Waals surface area contributed by atoms with Crippen molar-refractivity contribution in [3.63, 3.8) is 0 Å². The first-order valence-electron chi connectivity index (χ1n) is 8.81. The summed E-state index contributed by atoms with van der Waals surface area (Å²) in [6.45, 7) is 4.07. The average molecular weight is 349 g/mol. The molecule has 6 heteroatoms. The summed E-state index contributed by atoms with van der Waals surface area (Å²) in [5.74, 6) is 0.288. The molecule has 0 unspecified atom stereocenters. The van der Waals surface area contributed by atoms with Gasteiger partial charge in [-0.1, -0.05) is 19.1 Å². The number of likely N-dealkylation sites (N-methyl/N-ethyl adjacent to an activating group) is 1. The van der Waals surface area contributed by atoms with Crippen LogP contribution < -0.4 is 5.32 Å². The van der Waals surface area contributed by atoms with E-state index in [9.17, 15) is 14.0 Å². The summed E-state index contributed by atoms with van der Waals surface area (Å²) in [5.41, 5.74) is 0.767. The van der Waals surface area contributed by atoms with Crippen molar-refractivity contribution in [1.82, 2.24) is 15.1 Å². The van der Waals surface area contributed by atoms with Gasteiger partial charge in [-0.05, 0) is 44.1 Å². The van der Waals surface area contributed by atoms with Crippen LogP contribution in [0.25, 0.3) is 0 Å². The number of nitrogens with one attached hydrogen (secondary N) is 1. The minimum atomic E-state index is -0.302. The fourth-order valence-electron chi connectivity index (χ4n) is 2.74. The van der Waals surface area contributed by atoms with Crippen LogP contribution in [-0.4, -0.2) is 55.3 Å². The van der Waals surface area contributed by atoms with Gasteiger partial charge in [0.05, 0.1) is 0 Å². The molecule has 1 N–H and O–H groups in total. The van der Waals surface area contributed by atoms with E-state index in [1.807, 2.05) is 25.1 Å². The molecule has 1 aromatic rings. The smallest absolute Gasteiger partial charge is 0.224 e. The molecule has 2 rings (SSSR count). The minimum Gasteiger partial charge on any atom is -0.355 e. The molecule has 0 aliphatic heterocycles. The summed E-state index contributed by atoms with van der Waals surface area (Å²) in [6.07, 6.45) is 1.20. The Morgan fingerprint density at radius 1 is 1.28 bits per heavy atom. The third-order valence-electron chi connectivity index (χ3n) is 4.52. The van der Waals surface area contributed by atoms with Crippen LogP contribution in [0.2, 0.25) is 0 Å². The molecule has 0 spiro atoms. The van der Waals surface area contributed by atoms with E-state index in [1.165, 1.54) is 12.1 Å². The van der Waals surface area contributed by atoms with E-state index < -0.39 is 0 Å². The second-order valence-electron chi connectivity index (χ2n) is 7.11. The zero-order valence-electron chi connectivity index (χ0n) is 15.3. The number of amides is 2. The molecule has 25 heavy (non-hydrogen) atoms. The van der Waals surface area contributed by atoms with Crippen molar-refractivity contribution in [3.05, 3.63) is 35.6 Å². The first-order chi connectivity index (χ1) is 11.9. The summed E-state index contributed by atoms with van der Waals surface area (Å²) in [4.78, 5) is 28.1. The Bertz CT molecular complexity index is 606. The quantitative estimate of drug-likeness (QED) is 0.741. The van der Waals surface area contributed by atoms with Crippen LogP contribution in [0, 0.1) is 17.7 Å². The van der Waals surface area contributed by atoms with Gasteiger partial charge < -0.3 is 15.1 Å². The summed E-state index contributed by atoms with van der Waals surface area (Å²) < 4.78 is 13.4. The highest BCUT2D eigenvalue weighted by molar-refractivity contribution is 5.82. The van der Waals surface area contributed by atoms with Gasteiger partial charge in [0.25, 0.3) is 0 Å². The summed E-state index contributed by atoms with van der Waals surface area (Å²) in [5, 5.41) is 2.84. The molecule has 0 saturated heterocycles. The molecule has 2 atom stereocenters. The van der Waals surface area contributed by atoms with Crippen LogP contribution >= 0.6 is 0 Å². The highest BCUT2D eigenvalue weighted by Gasteiger charge is 2.38. The molecule has 1 saturated carbocycles. The van der Waals surface area contributed by atoms with Crippen molar-refractivity contribution in [2.45, 2.75) is 26.3 Å². The first-order valence-corrected chi connectivity index (χ1v) is 8.81. The fourth-order valence-corrected chi connectivity index (χ4v) is 2.74. The predicted octanol–water partition coefficient (Wildman–Crippen LogP) is 1.88. The van der Waals surface area contributed by atoms with Gasteiger partial charge in [0.15, 0.2) is 0 Å². The molecule has 138 valence electrons. The van der Waals surface area contributed by atoms with Gasteiger partial charge in [0.2, 0.25) is 11.8 Å². The van der Waals surface area contributed by atoms with Gasteiger partial charge in [-0.3, -0.25) is 9.59 Å². The predicted molar refractivity (Wildman–Crippen MR) is 95.3 cm³/mol. The lowest BCUT2D eigenvalue weighted by Crippen LogP contribution is -2.38. The number of rotatable bonds is 9. The van der Waals surface area contributed by atoms with Crippen LogP contribution in [0.3, 0.4) is 0 Å². The number of benzene rings is 1. The molecule has 2 amide bonds. The zero-order valence-corrected chi connectivity index (χ0v) is 15.3. The first kappa shape index (κ1) is 19.4. The minimum absolute atomic E-state index is 0.0322. The monoisotopic (exact) mass is 349 g/mol. The van der Waals surface area contributed by atoms with Gasteiger partial charge >= 0.3 is 0 Å². The topological polar surface area (TPSA) is 52.7 Å². The van der Waals surface area contributed by atoms with E-state index in [4.69, 9.17) is 0 Å². The molecule has 0 aromatic heterocycles. The lowest BCUT2D eigenvalue weighted by molar-refractivity contribution is -0.132. The SMILES string of the molecule is C[C@@H]1C[C@@H]1C(=O)NCCC(=O)N(CCN(C)C)Cc1cccc(F)c1. The Hall–Kier alpha value is -1.95. The van der Waals surface area contributed by atoms with E-state index in [2.05, 4.69) is 12.2 Å². The molecule has 0 radical (unpaired) electrons. The van der Waals surface area contributed by atoms with E-state index in [-0.39, 0.29) is 30.0 Å². The molecule has 1 aromatic carbocycles. The maximum atomic E-state index is 13.4. The lowest BCUT2D eigenvalue weighted by atomic mass is 10.2. The van der Waals surface area contributed by atoms with Gasteiger partial charge in [0.1, 0.15) is 5.82 Å². The van der Waals surface area contributed by atoms with Gasteiger partial charge in [0, 0.05) is 38.5 Å². The average Bonchev–Trinajstić information content (AvgIpc) is 3.28. The number of hydrogen-bond donors (Lipinski definition) is 1. The van der Waals surface area contributed by atoms with Crippen LogP contribution in [0.5, 0.6) is 0 Å². The third kappa shape index (κ3) is 6.46. The van der Waals surface area contributed by atoms with Gasteiger partial charge in [-0.2, -0.15) is 0 Å². The summed E-state index contributed by atoms with van der Waals surface area (Å²) in [6, 6.07) is 6.31. The maximum Gasteiger partial charge on any atom is 0.224 e. The van der Waals surface area contributed by atoms with Crippen molar-refractivity contribution in [1.29, 1.82) is 0 Å². The largest absolute Gasteiger partial charge is 0.355 e. The molecule has 0 bridgehead atoms. The van der Waals surface area contributed by atoms with Crippen LogP contribution in [0.15, 0.2) is 24.3 Å². The van der Waals surface area contributed by atoms with E-state index in [0.717, 1.165) is 18.5 Å². The molecular formula is C19H28FN3O2. The van der Waals surface area contributed by atoms with Crippen molar-refractivity contribution in [2.75, 3.05) is 33.7 Å². The van der Waals surface area contributed by atoms with E-state index in [0.29, 0.717) is 25.6 Å². The number of nitrogens with zero attached hydrogens (tertiary/aromatic N) is 2. The molecular weight excluding hydrogens is 321 g/mol. The van der Waals surface area contributed by atoms with Crippen molar-refractivity contribution in [3.8, 4) is 0 Å². The highest BCUT2D eigenvalue weighted by atomic mass is 19.1. The molecule has 0 heterocycles. The normalized spacial score (nSPS) is 18.9. The number of carbonyl (C=O) groups excluding carboxylic acids is 2. The molecule has 1 aliphatic rings. The Kier molecular flexibility index (Phi) is 6.93. The Labute approximate surface area is 149 Å². The second-order valence-corrected chi connectivity index (χ2v) is 7.11. The standard InChI is InChI=1S/C19H28FN3O2/c1-14-11-17(14)19(25)21-8-7-18(24)23(10-9-22(2)3)13-15-5-4-6-16(20)12-15/h4-6,12,14,17H,7-11,13H2,1-3H3,(H,21,25)/t14-,17+/m1/s1. The highest BCUT2D eigenvalue weighted by Crippen LogP contribution is 2.37. The maximum absolute atomic E-state index is 13.4. The summed E-state index contributed by atoms with van der Waals surface area (Å²) >= 11 is 0. The second kappa shape index (κ2) is 8.94. The fraction of sp³-hybridized carbons (Fsp3) is 0.579. The Morgan fingerprint density at radius 2 is 2.00 bits per heavy atom. The Morgan fingerprint density at radius 3 is 2.60 bits per heavy atom. The van der Waals surface area contributed by atoms with Crippen LogP contribution in [-0.2, 0) is 16.1 Å². The third-order valence-corrected chi connectivity index (χ3v) is 4.52. The molecule has 1 fully saturated rings. The van der Waals surface area contributed by atoms with Crippen molar-refractivity contribution >= 4 is 11.8 Å². The van der Waals surface area contributed by atoms with Gasteiger partial charge in [-0.25, -0.2) is 4.39 Å². The van der Waals surface area contributed by atoms with E-state index >= 15 is 0 Å². The zero-order chi connectivity index (χ0) is 18.4. The number of carbonyl (C=O) groups is 2. The number of halogens is 1. The molecule has 1 aliphatic carbocycles. The molecule has 5 nitrogen and oxygen atoms in total. The van der Waals surface area contributed by atoms with E-state index in [1.54, 1.807) is 11.0 Å². The Balaban J connectivity index is 1.86. The van der Waals surface area contributed by atoms with Crippen molar-refractivity contribution in [2.24, 2.45) is 11.8 Å². The van der Waals surface area contributed by atoms with Crippen LogP contribution in [0.1, 0.15) is 25.3 Å².